The lowest BCUT2D eigenvalue weighted by atomic mass is 9.96. The third-order valence-corrected chi connectivity index (χ3v) is 7.76. The minimum absolute atomic E-state index is 0.0353. The number of para-hydroxylation sites is 1. The molecule has 3 heterocycles. The number of nitrogens with zero attached hydrogens (tertiary/aromatic N) is 4. The van der Waals surface area contributed by atoms with E-state index in [2.05, 4.69) is 25.4 Å². The minimum atomic E-state index is -4.24. The number of hydrogen-bond donors (Lipinski definition) is 5. The lowest BCUT2D eigenvalue weighted by Crippen LogP contribution is -2.44. The Morgan fingerprint density at radius 1 is 1.27 bits per heavy atom. The first-order valence-electron chi connectivity index (χ1n) is 12.6. The van der Waals surface area contributed by atoms with E-state index < -0.39 is 56.5 Å². The molecule has 0 bridgehead atoms. The highest BCUT2D eigenvalue weighted by molar-refractivity contribution is 7.52. The Morgan fingerprint density at radius 2 is 1.98 bits per heavy atom. The van der Waals surface area contributed by atoms with E-state index in [4.69, 9.17) is 24.3 Å². The number of benzene rings is 1. The Bertz CT molecular complexity index is 1390. The molecule has 218 valence electrons. The second-order valence-electron chi connectivity index (χ2n) is 9.74. The molecular weight excluding hydrogens is 545 g/mol. The van der Waals surface area contributed by atoms with Crippen LogP contribution in [-0.2, 0) is 23.4 Å². The van der Waals surface area contributed by atoms with Crippen LogP contribution in [-0.4, -0.2) is 79.3 Å². The molecule has 2 unspecified atom stereocenters. The van der Waals surface area contributed by atoms with Crippen LogP contribution in [0.2, 0.25) is 0 Å². The van der Waals surface area contributed by atoms with Crippen LogP contribution in [0.15, 0.2) is 36.7 Å². The topological polar surface area (TPSA) is 205 Å². The first-order valence-corrected chi connectivity index (χ1v) is 14.1. The van der Waals surface area contributed by atoms with Crippen molar-refractivity contribution >= 4 is 36.6 Å². The number of aromatic nitrogens is 4. The summed E-state index contributed by atoms with van der Waals surface area (Å²) in [5.41, 5.74) is 4.61. The zero-order valence-electron chi connectivity index (χ0n) is 22.7. The van der Waals surface area contributed by atoms with E-state index in [1.165, 1.54) is 24.7 Å². The Kier molecular flexibility index (Phi) is 8.63. The van der Waals surface area contributed by atoms with Crippen molar-refractivity contribution in [1.29, 1.82) is 0 Å². The number of carbonyl (C=O) groups excluding carboxylic acids is 1. The SMILES string of the molecule is CNc1nc(N)nc2c1ncn2[C@@H]1O[C@H](COP(=O)(N[C@@H](C)C(=O)OC(C)C)Oc2ccccc2)C(O)[C@@]1(C)O. The van der Waals surface area contributed by atoms with Crippen molar-refractivity contribution in [2.75, 3.05) is 24.7 Å². The lowest BCUT2D eigenvalue weighted by molar-refractivity contribution is -0.149. The number of esters is 1. The molecular formula is C24H34N7O8P. The predicted molar refractivity (Wildman–Crippen MR) is 144 cm³/mol. The number of hydrogen-bond acceptors (Lipinski definition) is 13. The number of rotatable bonds is 11. The van der Waals surface area contributed by atoms with Gasteiger partial charge in [0.05, 0.1) is 19.0 Å². The number of nitrogens with two attached hydrogens (primary N) is 1. The largest absolute Gasteiger partial charge is 0.462 e. The van der Waals surface area contributed by atoms with E-state index in [0.29, 0.717) is 11.3 Å². The molecule has 2 aromatic heterocycles. The molecule has 15 nitrogen and oxygen atoms in total. The summed E-state index contributed by atoms with van der Waals surface area (Å²) in [6.07, 6.45) is -2.86. The van der Waals surface area contributed by atoms with E-state index in [0.717, 1.165) is 0 Å². The molecule has 6 N–H and O–H groups in total. The van der Waals surface area contributed by atoms with Crippen LogP contribution in [0.5, 0.6) is 5.75 Å². The van der Waals surface area contributed by atoms with Crippen molar-refractivity contribution in [3.63, 3.8) is 0 Å². The molecule has 1 aliphatic heterocycles. The molecule has 16 heteroatoms. The molecule has 40 heavy (non-hydrogen) atoms. The van der Waals surface area contributed by atoms with Gasteiger partial charge >= 0.3 is 13.7 Å². The Balaban J connectivity index is 1.56. The van der Waals surface area contributed by atoms with Crippen LogP contribution in [0.25, 0.3) is 11.2 Å². The second-order valence-corrected chi connectivity index (χ2v) is 11.4. The van der Waals surface area contributed by atoms with Crippen molar-refractivity contribution in [3.8, 4) is 5.75 Å². The van der Waals surface area contributed by atoms with Crippen LogP contribution < -0.4 is 20.7 Å². The molecule has 0 amide bonds. The fourth-order valence-corrected chi connectivity index (χ4v) is 5.67. The van der Waals surface area contributed by atoms with Crippen molar-refractivity contribution in [1.82, 2.24) is 24.6 Å². The van der Waals surface area contributed by atoms with Gasteiger partial charge in [-0.2, -0.15) is 15.1 Å². The van der Waals surface area contributed by atoms with Gasteiger partial charge in [0.2, 0.25) is 5.95 Å². The number of nitrogen functional groups attached to an aromatic ring is 1. The van der Waals surface area contributed by atoms with Crippen LogP contribution in [0.3, 0.4) is 0 Å². The molecule has 3 aromatic rings. The normalized spacial score (nSPS) is 25.1. The summed E-state index contributed by atoms with van der Waals surface area (Å²) in [6.45, 7) is 5.72. The summed E-state index contributed by atoms with van der Waals surface area (Å²) in [4.78, 5) is 25.0. The minimum Gasteiger partial charge on any atom is -0.462 e. The number of imidazole rings is 1. The molecule has 1 aromatic carbocycles. The van der Waals surface area contributed by atoms with E-state index in [-0.39, 0.29) is 17.3 Å². The zero-order chi connectivity index (χ0) is 29.2. The van der Waals surface area contributed by atoms with E-state index in [9.17, 15) is 19.6 Å². The second kappa shape index (κ2) is 11.6. The van der Waals surface area contributed by atoms with Crippen molar-refractivity contribution in [3.05, 3.63) is 36.7 Å². The van der Waals surface area contributed by atoms with Gasteiger partial charge < -0.3 is 35.3 Å². The molecule has 1 saturated heterocycles. The average Bonchev–Trinajstić information content (AvgIpc) is 3.40. The van der Waals surface area contributed by atoms with Crippen LogP contribution >= 0.6 is 7.75 Å². The molecule has 4 rings (SSSR count). The van der Waals surface area contributed by atoms with Crippen LogP contribution in [0.1, 0.15) is 33.9 Å². The van der Waals surface area contributed by atoms with Crippen LogP contribution in [0, 0.1) is 0 Å². The maximum atomic E-state index is 13.8. The fraction of sp³-hybridized carbons (Fsp3) is 0.500. The van der Waals surface area contributed by atoms with Gasteiger partial charge in [0.25, 0.3) is 0 Å². The van der Waals surface area contributed by atoms with E-state index in [1.54, 1.807) is 51.2 Å². The highest BCUT2D eigenvalue weighted by Crippen LogP contribution is 2.47. The van der Waals surface area contributed by atoms with Gasteiger partial charge in [0.15, 0.2) is 23.2 Å². The van der Waals surface area contributed by atoms with Gasteiger partial charge in [0, 0.05) is 7.05 Å². The third-order valence-electron chi connectivity index (χ3n) is 6.12. The summed E-state index contributed by atoms with van der Waals surface area (Å²) in [5, 5.41) is 27.7. The third kappa shape index (κ3) is 6.19. The maximum absolute atomic E-state index is 13.8. The van der Waals surface area contributed by atoms with Gasteiger partial charge in [0.1, 0.15) is 29.6 Å². The number of aliphatic hydroxyl groups excluding tert-OH is 1. The number of nitrogens with one attached hydrogen (secondary N) is 2. The predicted octanol–water partition coefficient (Wildman–Crippen LogP) is 1.59. The number of aliphatic hydroxyl groups is 2. The van der Waals surface area contributed by atoms with Crippen LogP contribution in [0.4, 0.5) is 11.8 Å². The zero-order valence-corrected chi connectivity index (χ0v) is 23.6. The molecule has 1 aliphatic rings. The summed E-state index contributed by atoms with van der Waals surface area (Å²) in [5.74, 6) is -0.116. The smallest absolute Gasteiger partial charge is 0.459 e. The number of ether oxygens (including phenoxy) is 2. The number of anilines is 2. The van der Waals surface area contributed by atoms with Gasteiger partial charge in [-0.05, 0) is 39.8 Å². The maximum Gasteiger partial charge on any atom is 0.459 e. The monoisotopic (exact) mass is 579 g/mol. The Morgan fingerprint density at radius 3 is 2.62 bits per heavy atom. The first kappa shape index (κ1) is 29.6. The molecule has 6 atom stereocenters. The van der Waals surface area contributed by atoms with Crippen molar-refractivity contribution in [2.45, 2.75) is 63.9 Å². The number of carbonyl (C=O) groups is 1. The van der Waals surface area contributed by atoms with Gasteiger partial charge in [-0.1, -0.05) is 18.2 Å². The standard InChI is InChI=1S/C24H34N7O8P/c1-13(2)37-21(33)14(3)30-40(35,39-15-9-7-6-8-10-15)36-11-16-18(32)24(4,34)22(38-16)31-12-27-17-19(26-5)28-23(25)29-20(17)31/h6-10,12-14,16,18,22,32,34H,11H2,1-5H3,(H,30,35)(H3,25,26,28,29)/t14-,16+,18?,22+,24+,40?/m0/s1. The summed E-state index contributed by atoms with van der Waals surface area (Å²) >= 11 is 0. The summed E-state index contributed by atoms with van der Waals surface area (Å²) in [6, 6.07) is 7.16. The molecule has 1 fully saturated rings. The molecule has 0 radical (unpaired) electrons. The molecule has 0 saturated carbocycles. The fourth-order valence-electron chi connectivity index (χ4n) is 4.16. The lowest BCUT2D eigenvalue weighted by Gasteiger charge is -2.27. The van der Waals surface area contributed by atoms with E-state index >= 15 is 0 Å². The van der Waals surface area contributed by atoms with Gasteiger partial charge in [-0.25, -0.2) is 9.55 Å². The Labute approximate surface area is 230 Å². The molecule has 0 aliphatic carbocycles. The number of fused-ring (bicyclic) bond motifs is 1. The highest BCUT2D eigenvalue weighted by atomic mass is 31.2. The van der Waals surface area contributed by atoms with Gasteiger partial charge in [-0.3, -0.25) is 13.9 Å². The molecule has 0 spiro atoms. The quantitative estimate of drug-likeness (QED) is 0.162. The first-order chi connectivity index (χ1) is 18.8. The van der Waals surface area contributed by atoms with Crippen molar-refractivity contribution < 1.29 is 38.1 Å². The Hall–Kier alpha value is -3.33. The van der Waals surface area contributed by atoms with E-state index in [1.807, 2.05) is 0 Å². The highest BCUT2D eigenvalue weighted by Gasteiger charge is 2.54. The summed E-state index contributed by atoms with van der Waals surface area (Å²) < 4.78 is 37.7. The summed E-state index contributed by atoms with van der Waals surface area (Å²) in [7, 11) is -2.59. The van der Waals surface area contributed by atoms with Gasteiger partial charge in [-0.15, -0.1) is 0 Å². The average molecular weight is 580 g/mol. The van der Waals surface area contributed by atoms with Crippen molar-refractivity contribution in [2.24, 2.45) is 0 Å².